The zero-order valence-corrected chi connectivity index (χ0v) is 28.7. The summed E-state index contributed by atoms with van der Waals surface area (Å²) < 4.78 is 0. The maximum atomic E-state index is 2.39. The fourth-order valence-electron chi connectivity index (χ4n) is 9.25. The fourth-order valence-corrected chi connectivity index (χ4v) is 9.25. The topological polar surface area (TPSA) is 0 Å². The van der Waals surface area contributed by atoms with E-state index in [0.29, 0.717) is 0 Å². The Hall–Kier alpha value is 0. The fraction of sp³-hybridized carbons (Fsp3) is 1.00. The van der Waals surface area contributed by atoms with Crippen molar-refractivity contribution in [2.24, 2.45) is 59.2 Å². The molecule has 0 nitrogen and oxygen atoms in total. The van der Waals surface area contributed by atoms with Gasteiger partial charge >= 0.3 is 0 Å². The first-order valence-corrected chi connectivity index (χ1v) is 19.3. The van der Waals surface area contributed by atoms with Crippen LogP contribution in [0.1, 0.15) is 262 Å². The zero-order chi connectivity index (χ0) is 28.7. The van der Waals surface area contributed by atoms with E-state index in [4.69, 9.17) is 0 Å². The molecular formula is C49H112. The van der Waals surface area contributed by atoms with Gasteiger partial charge in [0.1, 0.15) is 0 Å². The molecule has 0 bridgehead atoms. The van der Waals surface area contributed by atoms with Crippen LogP contribution in [-0.2, 0) is 0 Å². The summed E-state index contributed by atoms with van der Waals surface area (Å²) in [5.41, 5.74) is 0. The second kappa shape index (κ2) is 36.4. The van der Waals surface area contributed by atoms with Gasteiger partial charge in [-0.05, 0) is 72.0 Å². The van der Waals surface area contributed by atoms with Gasteiger partial charge in [0.15, 0.2) is 0 Å². The van der Waals surface area contributed by atoms with Crippen molar-refractivity contribution in [1.82, 2.24) is 0 Å². The highest BCUT2D eigenvalue weighted by molar-refractivity contribution is 4.81. The van der Waals surface area contributed by atoms with Crippen molar-refractivity contribution in [3.05, 3.63) is 0 Å². The Kier molecular flexibility index (Phi) is 47.5. The van der Waals surface area contributed by atoms with E-state index in [-0.39, 0.29) is 66.8 Å². The highest BCUT2D eigenvalue weighted by atomic mass is 14.3. The van der Waals surface area contributed by atoms with E-state index < -0.39 is 0 Å². The monoisotopic (exact) mass is 701 g/mol. The second-order valence-electron chi connectivity index (χ2n) is 16.7. The summed E-state index contributed by atoms with van der Waals surface area (Å²) in [6, 6.07) is 0. The van der Waals surface area contributed by atoms with Gasteiger partial charge in [0.25, 0.3) is 0 Å². The smallest absolute Gasteiger partial charge is 0.0411 e. The van der Waals surface area contributed by atoms with E-state index in [1.165, 1.54) is 89.9 Å². The van der Waals surface area contributed by atoms with Crippen molar-refractivity contribution >= 4 is 0 Å². The van der Waals surface area contributed by atoms with Gasteiger partial charge in [-0.1, -0.05) is 250 Å². The van der Waals surface area contributed by atoms with Gasteiger partial charge in [0.05, 0.1) is 0 Å². The number of rotatable bonds is 6. The summed E-state index contributed by atoms with van der Waals surface area (Å²) in [4.78, 5) is 0. The largest absolute Gasteiger partial charge is 0.0776 e. The first-order valence-electron chi connectivity index (χ1n) is 19.3. The lowest BCUT2D eigenvalue weighted by molar-refractivity contribution is 0.163. The van der Waals surface area contributed by atoms with Gasteiger partial charge < -0.3 is 0 Å². The summed E-state index contributed by atoms with van der Waals surface area (Å²) in [6.07, 6.45) is 36.5. The Morgan fingerprint density at radius 3 is 0.531 bits per heavy atom. The van der Waals surface area contributed by atoms with Gasteiger partial charge in [0.2, 0.25) is 0 Å². The molecule has 0 heteroatoms. The van der Waals surface area contributed by atoms with Crippen LogP contribution in [0.5, 0.6) is 0 Å². The Labute approximate surface area is 320 Å². The molecule has 0 aromatic carbocycles. The van der Waals surface area contributed by atoms with Crippen LogP contribution < -0.4 is 0 Å². The standard InChI is InChI=1S/C24H44.2C8H16.9CH4/c1-3-19-5-9-21(10-6-19)17-23-13-15-24(16-14-23)18-22-11-7-20(4-2)8-12-22;2*1-7-3-5-8(2)6-4-7;;;;;;;;;/h19-24H,3-18H2,1-2H3;2*7-8H,3-6H2,1-2H3;9*1H4. The van der Waals surface area contributed by atoms with Crippen molar-refractivity contribution < 1.29 is 0 Å². The SMILES string of the molecule is C.C.C.C.C.C.C.C.C.CC1CCC(C)CC1.CC1CCC(C)CC1.CCC1CCC(CC2CCC(CC3CCC(CC)CC3)CC2)CC1. The molecule has 0 heterocycles. The van der Waals surface area contributed by atoms with Crippen LogP contribution in [0.25, 0.3) is 0 Å². The van der Waals surface area contributed by atoms with Crippen molar-refractivity contribution in [2.75, 3.05) is 0 Å². The van der Waals surface area contributed by atoms with Crippen molar-refractivity contribution in [2.45, 2.75) is 262 Å². The minimum Gasteiger partial charge on any atom is -0.0776 e. The van der Waals surface area contributed by atoms with E-state index in [0.717, 1.165) is 59.2 Å². The van der Waals surface area contributed by atoms with E-state index in [1.54, 1.807) is 64.2 Å². The highest BCUT2D eigenvalue weighted by Gasteiger charge is 2.29. The third-order valence-corrected chi connectivity index (χ3v) is 13.0. The lowest BCUT2D eigenvalue weighted by Gasteiger charge is -2.36. The molecule has 5 saturated carbocycles. The molecule has 49 heavy (non-hydrogen) atoms. The lowest BCUT2D eigenvalue weighted by Crippen LogP contribution is -2.23. The Bertz CT molecular complexity index is 508. The highest BCUT2D eigenvalue weighted by Crippen LogP contribution is 2.42. The van der Waals surface area contributed by atoms with Crippen LogP contribution in [0.2, 0.25) is 0 Å². The van der Waals surface area contributed by atoms with Gasteiger partial charge in [-0.3, -0.25) is 0 Å². The van der Waals surface area contributed by atoms with Crippen LogP contribution >= 0.6 is 0 Å². The average Bonchev–Trinajstić information content (AvgIpc) is 2.99. The number of hydrogen-bond donors (Lipinski definition) is 0. The van der Waals surface area contributed by atoms with Crippen LogP contribution in [0.4, 0.5) is 0 Å². The van der Waals surface area contributed by atoms with Crippen LogP contribution in [0.3, 0.4) is 0 Å². The van der Waals surface area contributed by atoms with Gasteiger partial charge in [-0.2, -0.15) is 0 Å². The zero-order valence-electron chi connectivity index (χ0n) is 28.7. The van der Waals surface area contributed by atoms with Crippen LogP contribution in [0.15, 0.2) is 0 Å². The Balaban J connectivity index is -0.000000120. The molecule has 5 rings (SSSR count). The minimum absolute atomic E-state index is 0. The Morgan fingerprint density at radius 1 is 0.245 bits per heavy atom. The molecule has 5 aliphatic rings. The molecule has 0 N–H and O–H groups in total. The normalized spacial score (nSPS) is 33.2. The molecule has 0 aromatic rings. The maximum absolute atomic E-state index is 2.39. The molecule has 0 radical (unpaired) electrons. The second-order valence-corrected chi connectivity index (χ2v) is 16.7. The van der Waals surface area contributed by atoms with Crippen molar-refractivity contribution in [3.63, 3.8) is 0 Å². The molecular weight excluding hydrogens is 589 g/mol. The van der Waals surface area contributed by atoms with Gasteiger partial charge in [-0.15, -0.1) is 0 Å². The average molecular weight is 701 g/mol. The molecule has 5 aliphatic carbocycles. The van der Waals surface area contributed by atoms with Crippen molar-refractivity contribution in [1.29, 1.82) is 0 Å². The van der Waals surface area contributed by atoms with Crippen molar-refractivity contribution in [3.8, 4) is 0 Å². The van der Waals surface area contributed by atoms with E-state index in [9.17, 15) is 0 Å². The quantitative estimate of drug-likeness (QED) is 0.259. The van der Waals surface area contributed by atoms with Gasteiger partial charge in [-0.25, -0.2) is 0 Å². The van der Waals surface area contributed by atoms with E-state index >= 15 is 0 Å². The minimum atomic E-state index is 0. The van der Waals surface area contributed by atoms with E-state index in [2.05, 4.69) is 41.5 Å². The van der Waals surface area contributed by atoms with E-state index in [1.807, 2.05) is 0 Å². The molecule has 5 fully saturated rings. The summed E-state index contributed by atoms with van der Waals surface area (Å²) in [6.45, 7) is 14.2. The predicted molar refractivity (Wildman–Crippen MR) is 240 cm³/mol. The summed E-state index contributed by atoms with van der Waals surface area (Å²) >= 11 is 0. The molecule has 0 aromatic heterocycles. The molecule has 0 unspecified atom stereocenters. The number of hydrogen-bond acceptors (Lipinski definition) is 0. The van der Waals surface area contributed by atoms with Gasteiger partial charge in [0, 0.05) is 0 Å². The summed E-state index contributed by atoms with van der Waals surface area (Å²) in [7, 11) is 0. The molecule has 308 valence electrons. The first-order chi connectivity index (χ1) is 19.3. The molecule has 0 aliphatic heterocycles. The van der Waals surface area contributed by atoms with Crippen LogP contribution in [0, 0.1) is 59.2 Å². The summed E-state index contributed by atoms with van der Waals surface area (Å²) in [5.74, 6) is 10.6. The third kappa shape index (κ3) is 26.4. The lowest BCUT2D eigenvalue weighted by atomic mass is 9.70. The summed E-state index contributed by atoms with van der Waals surface area (Å²) in [5, 5.41) is 0. The third-order valence-electron chi connectivity index (χ3n) is 13.0. The predicted octanol–water partition coefficient (Wildman–Crippen LogP) is 19.4. The van der Waals surface area contributed by atoms with Crippen LogP contribution in [-0.4, -0.2) is 0 Å². The first kappa shape index (κ1) is 64.0. The Morgan fingerprint density at radius 2 is 0.388 bits per heavy atom. The maximum Gasteiger partial charge on any atom is -0.0411 e. The molecule has 0 amide bonds. The molecule has 0 atom stereocenters. The molecule has 0 spiro atoms. The molecule has 0 saturated heterocycles.